The number of amidine groups is 1. The standard InChI is InChI=1S/C24H20ClN3O4/c1-15(29)23-26-28(19-8-10-20(30-2)11-9-19)24(27(23)18-6-4-17(25)5-7-18)16-3-12-21-22(13-16)32-14-31-21/h3-13,24H,14H2,1-2H3/t24-/m1/s1. The number of benzene rings is 3. The van der Waals surface area contributed by atoms with Gasteiger partial charge in [-0.3, -0.25) is 9.69 Å². The van der Waals surface area contributed by atoms with Crippen molar-refractivity contribution < 1.29 is 19.0 Å². The van der Waals surface area contributed by atoms with E-state index in [2.05, 4.69) is 0 Å². The first kappa shape index (κ1) is 20.2. The van der Waals surface area contributed by atoms with Gasteiger partial charge in [-0.25, -0.2) is 5.01 Å². The molecule has 0 saturated carbocycles. The molecule has 162 valence electrons. The average Bonchev–Trinajstić information content (AvgIpc) is 3.44. The summed E-state index contributed by atoms with van der Waals surface area (Å²) in [6.07, 6.45) is -0.432. The van der Waals surface area contributed by atoms with Crippen molar-refractivity contribution in [3.63, 3.8) is 0 Å². The molecule has 1 atom stereocenters. The van der Waals surface area contributed by atoms with Gasteiger partial charge in [0.25, 0.3) is 0 Å². The number of hydrazone groups is 1. The van der Waals surface area contributed by atoms with E-state index in [0.717, 1.165) is 22.7 Å². The first-order valence-electron chi connectivity index (χ1n) is 10.0. The fourth-order valence-electron chi connectivity index (χ4n) is 3.83. The molecular formula is C24H20ClN3O4. The number of methoxy groups -OCH3 is 1. The third kappa shape index (κ3) is 3.50. The Morgan fingerprint density at radius 2 is 1.69 bits per heavy atom. The van der Waals surface area contributed by atoms with E-state index in [-0.39, 0.29) is 12.6 Å². The molecule has 8 heteroatoms. The van der Waals surface area contributed by atoms with E-state index in [1.54, 1.807) is 19.2 Å². The van der Waals surface area contributed by atoms with Crippen molar-refractivity contribution in [1.29, 1.82) is 0 Å². The molecule has 0 N–H and O–H groups in total. The van der Waals surface area contributed by atoms with Crippen molar-refractivity contribution in [3.05, 3.63) is 77.3 Å². The van der Waals surface area contributed by atoms with Crippen molar-refractivity contribution >= 4 is 34.6 Å². The number of fused-ring (bicyclic) bond motifs is 1. The molecule has 32 heavy (non-hydrogen) atoms. The van der Waals surface area contributed by atoms with Crippen LogP contribution in [0, 0.1) is 0 Å². The van der Waals surface area contributed by atoms with Crippen molar-refractivity contribution in [3.8, 4) is 17.2 Å². The van der Waals surface area contributed by atoms with E-state index in [0.29, 0.717) is 22.4 Å². The molecule has 3 aromatic carbocycles. The molecule has 2 aliphatic heterocycles. The van der Waals surface area contributed by atoms with Gasteiger partial charge in [-0.05, 0) is 60.7 Å². The summed E-state index contributed by atoms with van der Waals surface area (Å²) in [7, 11) is 1.62. The summed E-state index contributed by atoms with van der Waals surface area (Å²) in [5, 5.41) is 7.16. The monoisotopic (exact) mass is 449 g/mol. The smallest absolute Gasteiger partial charge is 0.231 e. The van der Waals surface area contributed by atoms with Crippen LogP contribution in [0.5, 0.6) is 17.2 Å². The molecule has 7 nitrogen and oxygen atoms in total. The first-order valence-corrected chi connectivity index (χ1v) is 10.4. The minimum absolute atomic E-state index is 0.151. The summed E-state index contributed by atoms with van der Waals surface area (Å²) in [6.45, 7) is 1.69. The molecular weight excluding hydrogens is 430 g/mol. The molecule has 0 saturated heterocycles. The van der Waals surface area contributed by atoms with Gasteiger partial charge in [0.15, 0.2) is 29.3 Å². The second-order valence-corrected chi connectivity index (χ2v) is 7.79. The molecule has 0 bridgehead atoms. The number of Topliss-reactive ketones (excluding diaryl/α,β-unsaturated/α-hetero) is 1. The quantitative estimate of drug-likeness (QED) is 0.546. The second kappa shape index (κ2) is 8.09. The van der Waals surface area contributed by atoms with E-state index in [1.807, 2.05) is 64.5 Å². The van der Waals surface area contributed by atoms with E-state index < -0.39 is 6.17 Å². The van der Waals surface area contributed by atoms with Gasteiger partial charge in [0.05, 0.1) is 12.8 Å². The van der Waals surface area contributed by atoms with Crippen LogP contribution >= 0.6 is 11.6 Å². The lowest BCUT2D eigenvalue weighted by Gasteiger charge is -2.32. The number of ether oxygens (including phenoxy) is 3. The average molecular weight is 450 g/mol. The second-order valence-electron chi connectivity index (χ2n) is 7.36. The number of carbonyl (C=O) groups excluding carboxylic acids is 1. The Balaban J connectivity index is 1.66. The molecule has 0 radical (unpaired) electrons. The zero-order valence-electron chi connectivity index (χ0n) is 17.5. The van der Waals surface area contributed by atoms with Crippen LogP contribution in [0.25, 0.3) is 0 Å². The van der Waals surface area contributed by atoms with E-state index in [4.69, 9.17) is 30.9 Å². The molecule has 3 aromatic rings. The van der Waals surface area contributed by atoms with Crippen molar-refractivity contribution in [2.45, 2.75) is 13.1 Å². The van der Waals surface area contributed by atoms with Crippen LogP contribution in [0.2, 0.25) is 5.02 Å². The van der Waals surface area contributed by atoms with Crippen LogP contribution in [0.15, 0.2) is 71.8 Å². The highest BCUT2D eigenvalue weighted by atomic mass is 35.5. The lowest BCUT2D eigenvalue weighted by atomic mass is 10.1. The number of hydrogen-bond acceptors (Lipinski definition) is 7. The third-order valence-corrected chi connectivity index (χ3v) is 5.61. The molecule has 2 heterocycles. The first-order chi connectivity index (χ1) is 15.5. The highest BCUT2D eigenvalue weighted by Crippen LogP contribution is 2.42. The minimum atomic E-state index is -0.432. The van der Waals surface area contributed by atoms with Gasteiger partial charge in [0, 0.05) is 23.2 Å². The summed E-state index contributed by atoms with van der Waals surface area (Å²) in [5.74, 6) is 2.25. The summed E-state index contributed by atoms with van der Waals surface area (Å²) in [5.41, 5.74) is 2.49. The normalized spacial score (nSPS) is 16.8. The number of hydrogen-bond donors (Lipinski definition) is 0. The Bertz CT molecular complexity index is 1190. The van der Waals surface area contributed by atoms with Gasteiger partial charge >= 0.3 is 0 Å². The Labute approximate surface area is 190 Å². The Morgan fingerprint density at radius 1 is 1.00 bits per heavy atom. The summed E-state index contributed by atoms with van der Waals surface area (Å²) < 4.78 is 16.4. The van der Waals surface area contributed by atoms with Gasteiger partial charge in [-0.15, -0.1) is 5.10 Å². The fraction of sp³-hybridized carbons (Fsp3) is 0.167. The lowest BCUT2D eigenvalue weighted by Crippen LogP contribution is -2.37. The maximum absolute atomic E-state index is 12.6. The van der Waals surface area contributed by atoms with Crippen molar-refractivity contribution in [2.75, 3.05) is 23.8 Å². The number of rotatable bonds is 5. The molecule has 0 fully saturated rings. The summed E-state index contributed by atoms with van der Waals surface area (Å²) >= 11 is 6.12. The molecule has 0 spiro atoms. The Kier molecular flexibility index (Phi) is 5.11. The largest absolute Gasteiger partial charge is 0.497 e. The predicted octanol–water partition coefficient (Wildman–Crippen LogP) is 5.01. The summed E-state index contributed by atoms with van der Waals surface area (Å²) in [6, 6.07) is 20.6. The minimum Gasteiger partial charge on any atom is -0.497 e. The maximum atomic E-state index is 12.6. The van der Waals surface area contributed by atoms with Gasteiger partial charge in [0.2, 0.25) is 6.79 Å². The van der Waals surface area contributed by atoms with E-state index in [9.17, 15) is 4.79 Å². The fourth-order valence-corrected chi connectivity index (χ4v) is 3.96. The SMILES string of the molecule is COc1ccc(N2N=C(C(C)=O)N(c3ccc(Cl)cc3)[C@H]2c2ccc3c(c2)OCO3)cc1. The summed E-state index contributed by atoms with van der Waals surface area (Å²) in [4.78, 5) is 14.6. The van der Waals surface area contributed by atoms with Crippen LogP contribution in [0.4, 0.5) is 11.4 Å². The van der Waals surface area contributed by atoms with Gasteiger partial charge < -0.3 is 14.2 Å². The van der Waals surface area contributed by atoms with Crippen LogP contribution in [-0.4, -0.2) is 25.5 Å². The Morgan fingerprint density at radius 3 is 2.38 bits per heavy atom. The van der Waals surface area contributed by atoms with Crippen LogP contribution in [0.3, 0.4) is 0 Å². The topological polar surface area (TPSA) is 63.6 Å². The Hall–Kier alpha value is -3.71. The number of carbonyl (C=O) groups is 1. The highest BCUT2D eigenvalue weighted by molar-refractivity contribution is 6.44. The van der Waals surface area contributed by atoms with Gasteiger partial charge in [-0.1, -0.05) is 17.7 Å². The van der Waals surface area contributed by atoms with Gasteiger partial charge in [0.1, 0.15) is 5.75 Å². The van der Waals surface area contributed by atoms with Crippen molar-refractivity contribution in [1.82, 2.24) is 0 Å². The number of ketones is 1. The molecule has 5 rings (SSSR count). The number of halogens is 1. The lowest BCUT2D eigenvalue weighted by molar-refractivity contribution is -0.111. The number of nitrogens with zero attached hydrogens (tertiary/aromatic N) is 3. The van der Waals surface area contributed by atoms with Crippen LogP contribution < -0.4 is 24.1 Å². The molecule has 0 aliphatic carbocycles. The molecule has 0 amide bonds. The third-order valence-electron chi connectivity index (χ3n) is 5.36. The van der Waals surface area contributed by atoms with E-state index in [1.165, 1.54) is 6.92 Å². The van der Waals surface area contributed by atoms with Crippen LogP contribution in [-0.2, 0) is 4.79 Å². The molecule has 2 aliphatic rings. The van der Waals surface area contributed by atoms with Crippen LogP contribution in [0.1, 0.15) is 18.7 Å². The van der Waals surface area contributed by atoms with Crippen molar-refractivity contribution in [2.24, 2.45) is 5.10 Å². The van der Waals surface area contributed by atoms with E-state index >= 15 is 0 Å². The highest BCUT2D eigenvalue weighted by Gasteiger charge is 2.39. The maximum Gasteiger partial charge on any atom is 0.231 e. The zero-order valence-corrected chi connectivity index (χ0v) is 18.2. The predicted molar refractivity (Wildman–Crippen MR) is 123 cm³/mol. The number of anilines is 2. The van der Waals surface area contributed by atoms with Gasteiger partial charge in [-0.2, -0.15) is 0 Å². The zero-order chi connectivity index (χ0) is 22.2. The molecule has 0 aromatic heterocycles. The molecule has 0 unspecified atom stereocenters.